The van der Waals surface area contributed by atoms with Gasteiger partial charge in [-0.3, -0.25) is 14.5 Å². The van der Waals surface area contributed by atoms with Gasteiger partial charge in [-0.15, -0.1) is 0 Å². The van der Waals surface area contributed by atoms with Crippen LogP contribution in [0.2, 0.25) is 5.02 Å². The fraction of sp³-hybridized carbons (Fsp3) is 0.471. The van der Waals surface area contributed by atoms with Crippen LogP contribution in [0.3, 0.4) is 0 Å². The second-order valence-corrected chi connectivity index (χ2v) is 7.05. The predicted molar refractivity (Wildman–Crippen MR) is 90.6 cm³/mol. The monoisotopic (exact) mass is 367 g/mol. The molecule has 6 nitrogen and oxygen atoms in total. The molecule has 1 saturated carbocycles. The Hall–Kier alpha value is -2.15. The summed E-state index contributed by atoms with van der Waals surface area (Å²) >= 11 is 5.67. The molecule has 2 fully saturated rings. The summed E-state index contributed by atoms with van der Waals surface area (Å²) in [6.07, 6.45) is 3.29. The molecule has 1 aromatic rings. The zero-order valence-corrected chi connectivity index (χ0v) is 14.5. The number of imide groups is 1. The molecule has 134 valence electrons. The van der Waals surface area contributed by atoms with Crippen molar-refractivity contribution >= 4 is 35.1 Å². The van der Waals surface area contributed by atoms with Gasteiger partial charge in [-0.1, -0.05) is 31.4 Å². The van der Waals surface area contributed by atoms with Crippen molar-refractivity contribution in [2.24, 2.45) is 5.92 Å². The van der Waals surface area contributed by atoms with Crippen molar-refractivity contribution < 1.29 is 18.8 Å². The van der Waals surface area contributed by atoms with Gasteiger partial charge in [-0.2, -0.15) is 0 Å². The molecule has 4 amide bonds. The van der Waals surface area contributed by atoms with Crippen LogP contribution < -0.4 is 10.6 Å². The van der Waals surface area contributed by atoms with E-state index in [9.17, 15) is 18.8 Å². The number of nitrogens with zero attached hydrogens (tertiary/aromatic N) is 1. The van der Waals surface area contributed by atoms with E-state index in [-0.39, 0.29) is 22.5 Å². The van der Waals surface area contributed by atoms with Crippen LogP contribution in [0.5, 0.6) is 0 Å². The van der Waals surface area contributed by atoms with Crippen molar-refractivity contribution in [2.75, 3.05) is 11.9 Å². The molecule has 8 heteroatoms. The lowest BCUT2D eigenvalue weighted by Gasteiger charge is -2.36. The van der Waals surface area contributed by atoms with E-state index in [4.69, 9.17) is 11.6 Å². The van der Waals surface area contributed by atoms with Crippen molar-refractivity contribution in [1.29, 1.82) is 0 Å². The van der Waals surface area contributed by atoms with E-state index in [1.807, 2.05) is 6.92 Å². The first-order valence-electron chi connectivity index (χ1n) is 8.22. The number of hydrogen-bond acceptors (Lipinski definition) is 3. The van der Waals surface area contributed by atoms with E-state index >= 15 is 0 Å². The van der Waals surface area contributed by atoms with Gasteiger partial charge in [0.25, 0.3) is 5.91 Å². The Morgan fingerprint density at radius 1 is 1.44 bits per heavy atom. The van der Waals surface area contributed by atoms with Gasteiger partial charge >= 0.3 is 6.03 Å². The summed E-state index contributed by atoms with van der Waals surface area (Å²) in [5.41, 5.74) is -0.969. The number of amides is 4. The highest BCUT2D eigenvalue weighted by Gasteiger charge is 2.55. The number of hydrogen-bond donors (Lipinski definition) is 2. The van der Waals surface area contributed by atoms with Gasteiger partial charge in [0.1, 0.15) is 17.9 Å². The van der Waals surface area contributed by atoms with Crippen LogP contribution in [0.4, 0.5) is 14.9 Å². The minimum atomic E-state index is -0.916. The molecule has 2 N–H and O–H groups in total. The van der Waals surface area contributed by atoms with Crippen LogP contribution in [0.15, 0.2) is 18.2 Å². The molecule has 1 spiro atoms. The molecule has 1 aliphatic heterocycles. The highest BCUT2D eigenvalue weighted by Crippen LogP contribution is 2.38. The summed E-state index contributed by atoms with van der Waals surface area (Å²) in [4.78, 5) is 38.1. The first-order valence-corrected chi connectivity index (χ1v) is 8.60. The number of rotatable bonds is 3. The summed E-state index contributed by atoms with van der Waals surface area (Å²) in [7, 11) is 0. The summed E-state index contributed by atoms with van der Waals surface area (Å²) in [5, 5.41) is 5.34. The molecular formula is C17H19ClFN3O3. The molecule has 2 aliphatic rings. The van der Waals surface area contributed by atoms with Crippen molar-refractivity contribution in [2.45, 2.75) is 38.1 Å². The van der Waals surface area contributed by atoms with Gasteiger partial charge in [0, 0.05) is 5.02 Å². The lowest BCUT2D eigenvalue weighted by atomic mass is 9.73. The summed E-state index contributed by atoms with van der Waals surface area (Å²) in [6, 6.07) is 3.26. The number of carbonyl (C=O) groups is 3. The number of halogens is 2. The zero-order chi connectivity index (χ0) is 18.2. The molecule has 2 atom stereocenters. The van der Waals surface area contributed by atoms with Crippen molar-refractivity contribution in [3.8, 4) is 0 Å². The maximum atomic E-state index is 13.8. The van der Waals surface area contributed by atoms with Crippen molar-refractivity contribution in [3.63, 3.8) is 0 Å². The van der Waals surface area contributed by atoms with E-state index in [0.29, 0.717) is 6.42 Å². The Labute approximate surface area is 149 Å². The topological polar surface area (TPSA) is 78.5 Å². The second kappa shape index (κ2) is 6.63. The average molecular weight is 368 g/mol. The largest absolute Gasteiger partial charge is 0.325 e. The zero-order valence-electron chi connectivity index (χ0n) is 13.8. The molecule has 1 aromatic carbocycles. The van der Waals surface area contributed by atoms with Crippen molar-refractivity contribution in [3.05, 3.63) is 29.0 Å². The maximum absolute atomic E-state index is 13.8. The fourth-order valence-corrected chi connectivity index (χ4v) is 3.72. The molecule has 1 saturated heterocycles. The fourth-order valence-electron chi connectivity index (χ4n) is 3.56. The van der Waals surface area contributed by atoms with Gasteiger partial charge in [-0.25, -0.2) is 9.18 Å². The van der Waals surface area contributed by atoms with Crippen LogP contribution in [-0.4, -0.2) is 34.8 Å². The minimum Gasteiger partial charge on any atom is -0.323 e. The van der Waals surface area contributed by atoms with Crippen LogP contribution in [0, 0.1) is 11.7 Å². The van der Waals surface area contributed by atoms with Crippen LogP contribution in [0.1, 0.15) is 32.6 Å². The number of nitrogens with one attached hydrogen (secondary N) is 2. The van der Waals surface area contributed by atoms with Gasteiger partial charge in [0.05, 0.1) is 5.69 Å². The lowest BCUT2D eigenvalue weighted by molar-refractivity contribution is -0.136. The Bertz CT molecular complexity index is 742. The Morgan fingerprint density at radius 2 is 2.20 bits per heavy atom. The summed E-state index contributed by atoms with van der Waals surface area (Å²) < 4.78 is 13.8. The Morgan fingerprint density at radius 3 is 2.88 bits per heavy atom. The number of urea groups is 1. The summed E-state index contributed by atoms with van der Waals surface area (Å²) in [6.45, 7) is 1.48. The van der Waals surface area contributed by atoms with E-state index in [0.717, 1.165) is 30.2 Å². The predicted octanol–water partition coefficient (Wildman–Crippen LogP) is 2.92. The van der Waals surface area contributed by atoms with Gasteiger partial charge in [0.2, 0.25) is 5.91 Å². The third-order valence-electron chi connectivity index (χ3n) is 5.01. The molecule has 0 bridgehead atoms. The lowest BCUT2D eigenvalue weighted by Crippen LogP contribution is -2.54. The third-order valence-corrected chi connectivity index (χ3v) is 5.24. The van der Waals surface area contributed by atoms with E-state index in [2.05, 4.69) is 10.6 Å². The van der Waals surface area contributed by atoms with Crippen LogP contribution in [0.25, 0.3) is 0 Å². The smallest absolute Gasteiger partial charge is 0.323 e. The average Bonchev–Trinajstić information content (AvgIpc) is 2.78. The second-order valence-electron chi connectivity index (χ2n) is 6.61. The van der Waals surface area contributed by atoms with Gasteiger partial charge in [-0.05, 0) is 37.0 Å². The molecule has 1 aliphatic carbocycles. The molecule has 0 radical (unpaired) electrons. The highest BCUT2D eigenvalue weighted by atomic mass is 35.5. The van der Waals surface area contributed by atoms with Gasteiger partial charge < -0.3 is 10.6 Å². The van der Waals surface area contributed by atoms with Crippen LogP contribution >= 0.6 is 11.6 Å². The Kier molecular flexibility index (Phi) is 4.69. The van der Waals surface area contributed by atoms with Crippen molar-refractivity contribution in [1.82, 2.24) is 10.2 Å². The molecule has 0 aromatic heterocycles. The summed E-state index contributed by atoms with van der Waals surface area (Å²) in [5.74, 6) is -1.70. The molecule has 25 heavy (non-hydrogen) atoms. The standard InChI is InChI=1S/C17H19ClFN3O3/c1-10-4-2-3-7-17(10)15(24)22(16(25)21-17)9-14(23)20-13-6-5-11(18)8-12(13)19/h5-6,8,10H,2-4,7,9H2,1H3,(H,20,23)(H,21,25)/t10-,17+/m0/s1. The normalized spacial score (nSPS) is 26.0. The highest BCUT2D eigenvalue weighted by molar-refractivity contribution is 6.30. The van der Waals surface area contributed by atoms with Gasteiger partial charge in [0.15, 0.2) is 0 Å². The van der Waals surface area contributed by atoms with Crippen LogP contribution in [-0.2, 0) is 9.59 Å². The number of benzene rings is 1. The maximum Gasteiger partial charge on any atom is 0.325 e. The number of anilines is 1. The van der Waals surface area contributed by atoms with E-state index in [1.165, 1.54) is 12.1 Å². The minimum absolute atomic E-state index is 0.0134. The first kappa shape index (κ1) is 17.7. The SMILES string of the molecule is C[C@H]1CCCC[C@@]12NC(=O)N(CC(=O)Nc1ccc(Cl)cc1F)C2=O. The number of carbonyl (C=O) groups excluding carboxylic acids is 3. The Balaban J connectivity index is 1.71. The molecule has 3 rings (SSSR count). The quantitative estimate of drug-likeness (QED) is 0.806. The van der Waals surface area contributed by atoms with E-state index < -0.39 is 29.8 Å². The molecule has 0 unspecified atom stereocenters. The molecule has 1 heterocycles. The first-order chi connectivity index (χ1) is 11.8. The third kappa shape index (κ3) is 3.20. The molecular weight excluding hydrogens is 349 g/mol. The van der Waals surface area contributed by atoms with E-state index in [1.54, 1.807) is 0 Å².